The van der Waals surface area contributed by atoms with Crippen LogP contribution in [0.15, 0.2) is 23.8 Å². The van der Waals surface area contributed by atoms with E-state index >= 15 is 0 Å². The minimum absolute atomic E-state index is 0.0789. The second kappa shape index (κ2) is 13.8. The molecule has 1 N–H and O–H groups in total. The minimum Gasteiger partial charge on any atom is -0.493 e. The molecule has 0 saturated heterocycles. The molecule has 1 aliphatic rings. The van der Waals surface area contributed by atoms with Crippen LogP contribution in [-0.4, -0.2) is 32.2 Å². The van der Waals surface area contributed by atoms with Crippen molar-refractivity contribution in [1.82, 2.24) is 0 Å². The van der Waals surface area contributed by atoms with Gasteiger partial charge in [-0.3, -0.25) is 4.79 Å². The quantitative estimate of drug-likeness (QED) is 0.146. The average Bonchev–Trinajstić information content (AvgIpc) is 3.24. The maximum absolute atomic E-state index is 13.1. The van der Waals surface area contributed by atoms with Crippen molar-refractivity contribution in [2.75, 3.05) is 25.6 Å². The number of ether oxygens (including phenoxy) is 3. The van der Waals surface area contributed by atoms with Crippen LogP contribution in [0, 0.1) is 17.2 Å². The Hall–Kier alpha value is -3.31. The smallest absolute Gasteiger partial charge is 0.341 e. The topological polar surface area (TPSA) is 97.7 Å². The van der Waals surface area contributed by atoms with Crippen LogP contribution >= 0.6 is 11.3 Å². The number of thiophene rings is 1. The number of nitrogens with one attached hydrogen (secondary N) is 1. The predicted octanol–water partition coefficient (Wildman–Crippen LogP) is 6.56. The van der Waals surface area contributed by atoms with E-state index in [9.17, 15) is 14.9 Å². The standard InChI is InChI=1S/C29H36N2O5S/c1-5-7-8-9-14-36-23-13-11-20(17-24(23)34-4)16-21(18-30)27(32)31-28-26(29(33)35-6-2)22-12-10-19(3)15-25(22)37-28/h11,13,16-17,19H,5-10,12,14-15H2,1-4H3,(H,31,32)/b21-16+. The summed E-state index contributed by atoms with van der Waals surface area (Å²) in [7, 11) is 1.56. The highest BCUT2D eigenvalue weighted by atomic mass is 32.1. The molecule has 8 heteroatoms. The van der Waals surface area contributed by atoms with Gasteiger partial charge in [0.1, 0.15) is 16.6 Å². The number of methoxy groups -OCH3 is 1. The van der Waals surface area contributed by atoms with Crippen molar-refractivity contribution >= 4 is 34.3 Å². The third-order valence-electron chi connectivity index (χ3n) is 6.34. The first-order chi connectivity index (χ1) is 17.9. The van der Waals surface area contributed by atoms with Crippen LogP contribution in [0.2, 0.25) is 0 Å². The van der Waals surface area contributed by atoms with Gasteiger partial charge < -0.3 is 19.5 Å². The molecule has 198 valence electrons. The first-order valence-electron chi connectivity index (χ1n) is 13.0. The lowest BCUT2D eigenvalue weighted by Crippen LogP contribution is -2.17. The van der Waals surface area contributed by atoms with Gasteiger partial charge in [0, 0.05) is 4.88 Å². The summed E-state index contributed by atoms with van der Waals surface area (Å²) >= 11 is 1.40. The van der Waals surface area contributed by atoms with Crippen LogP contribution in [0.25, 0.3) is 6.08 Å². The molecule has 1 unspecified atom stereocenters. The van der Waals surface area contributed by atoms with Crippen molar-refractivity contribution in [3.05, 3.63) is 45.3 Å². The first-order valence-corrected chi connectivity index (χ1v) is 13.8. The zero-order valence-electron chi connectivity index (χ0n) is 22.1. The maximum atomic E-state index is 13.1. The molecule has 1 heterocycles. The van der Waals surface area contributed by atoms with Gasteiger partial charge in [-0.05, 0) is 67.9 Å². The summed E-state index contributed by atoms with van der Waals surface area (Å²) in [5.41, 5.74) is 1.92. The summed E-state index contributed by atoms with van der Waals surface area (Å²) in [4.78, 5) is 26.9. The molecule has 1 aromatic heterocycles. The van der Waals surface area contributed by atoms with Gasteiger partial charge in [-0.2, -0.15) is 5.26 Å². The molecule has 1 aliphatic carbocycles. The van der Waals surface area contributed by atoms with E-state index in [1.165, 1.54) is 23.8 Å². The molecule has 2 aromatic rings. The molecule has 0 radical (unpaired) electrons. The molecule has 1 amide bonds. The van der Waals surface area contributed by atoms with Gasteiger partial charge in [0.15, 0.2) is 11.5 Å². The lowest BCUT2D eigenvalue weighted by molar-refractivity contribution is -0.112. The largest absolute Gasteiger partial charge is 0.493 e. The fraction of sp³-hybridized carbons (Fsp3) is 0.483. The van der Waals surface area contributed by atoms with E-state index in [0.29, 0.717) is 40.2 Å². The molecule has 1 atom stereocenters. The number of rotatable bonds is 12. The molecular weight excluding hydrogens is 488 g/mol. The maximum Gasteiger partial charge on any atom is 0.341 e. The monoisotopic (exact) mass is 524 g/mol. The number of esters is 1. The average molecular weight is 525 g/mol. The van der Waals surface area contributed by atoms with Crippen LogP contribution in [0.5, 0.6) is 11.5 Å². The van der Waals surface area contributed by atoms with Crippen LogP contribution < -0.4 is 14.8 Å². The van der Waals surface area contributed by atoms with Crippen molar-refractivity contribution in [3.63, 3.8) is 0 Å². The number of fused-ring (bicyclic) bond motifs is 1. The van der Waals surface area contributed by atoms with Crippen molar-refractivity contribution < 1.29 is 23.8 Å². The Bertz CT molecular complexity index is 1180. The fourth-order valence-corrected chi connectivity index (χ4v) is 5.74. The number of nitrogens with zero attached hydrogens (tertiary/aromatic N) is 1. The van der Waals surface area contributed by atoms with E-state index in [-0.39, 0.29) is 12.2 Å². The molecule has 0 spiro atoms. The van der Waals surface area contributed by atoms with Crippen LogP contribution in [0.1, 0.15) is 79.2 Å². The van der Waals surface area contributed by atoms with Crippen molar-refractivity contribution in [2.24, 2.45) is 5.92 Å². The molecule has 1 aromatic carbocycles. The van der Waals surface area contributed by atoms with Crippen molar-refractivity contribution in [2.45, 2.75) is 65.7 Å². The second-order valence-electron chi connectivity index (χ2n) is 9.22. The number of anilines is 1. The SMILES string of the molecule is CCCCCCOc1ccc(/C=C(\C#N)C(=O)Nc2sc3c(c2C(=O)OCC)CCC(C)C3)cc1OC. The van der Waals surface area contributed by atoms with Gasteiger partial charge in [0.25, 0.3) is 5.91 Å². The van der Waals surface area contributed by atoms with E-state index in [1.54, 1.807) is 32.2 Å². The Balaban J connectivity index is 1.80. The number of carbonyl (C=O) groups is 2. The third-order valence-corrected chi connectivity index (χ3v) is 7.51. The zero-order chi connectivity index (χ0) is 26.8. The van der Waals surface area contributed by atoms with E-state index in [1.807, 2.05) is 6.07 Å². The van der Waals surface area contributed by atoms with Crippen molar-refractivity contribution in [3.8, 4) is 17.6 Å². The Morgan fingerprint density at radius 3 is 2.73 bits per heavy atom. The number of nitriles is 1. The normalized spacial score (nSPS) is 14.9. The number of amides is 1. The zero-order valence-corrected chi connectivity index (χ0v) is 23.0. The third kappa shape index (κ3) is 7.36. The summed E-state index contributed by atoms with van der Waals surface area (Å²) in [6.45, 7) is 6.95. The first kappa shape index (κ1) is 28.3. The van der Waals surface area contributed by atoms with E-state index < -0.39 is 11.9 Å². The van der Waals surface area contributed by atoms with Gasteiger partial charge in [-0.25, -0.2) is 4.79 Å². The summed E-state index contributed by atoms with van der Waals surface area (Å²) in [5.74, 6) is 0.651. The molecule has 0 bridgehead atoms. The summed E-state index contributed by atoms with van der Waals surface area (Å²) < 4.78 is 16.6. The van der Waals surface area contributed by atoms with E-state index in [2.05, 4.69) is 19.2 Å². The van der Waals surface area contributed by atoms with Gasteiger partial charge in [0.2, 0.25) is 0 Å². The highest BCUT2D eigenvalue weighted by molar-refractivity contribution is 7.17. The molecule has 0 fully saturated rings. The van der Waals surface area contributed by atoms with E-state index in [0.717, 1.165) is 49.0 Å². The lowest BCUT2D eigenvalue weighted by Gasteiger charge is -2.18. The Morgan fingerprint density at radius 2 is 2.03 bits per heavy atom. The fourth-order valence-electron chi connectivity index (χ4n) is 4.35. The molecule has 0 saturated carbocycles. The molecule has 0 aliphatic heterocycles. The molecule has 3 rings (SSSR count). The highest BCUT2D eigenvalue weighted by Gasteiger charge is 2.29. The van der Waals surface area contributed by atoms with Crippen LogP contribution in [0.4, 0.5) is 5.00 Å². The molecular formula is C29H36N2O5S. The number of unbranched alkanes of at least 4 members (excludes halogenated alkanes) is 3. The molecule has 37 heavy (non-hydrogen) atoms. The number of hydrogen-bond acceptors (Lipinski definition) is 7. The van der Waals surface area contributed by atoms with Gasteiger partial charge >= 0.3 is 5.97 Å². The number of hydrogen-bond donors (Lipinski definition) is 1. The van der Waals surface area contributed by atoms with Gasteiger partial charge in [0.05, 0.1) is 25.9 Å². The van der Waals surface area contributed by atoms with Crippen LogP contribution in [-0.2, 0) is 22.4 Å². The highest BCUT2D eigenvalue weighted by Crippen LogP contribution is 2.40. The van der Waals surface area contributed by atoms with Crippen LogP contribution in [0.3, 0.4) is 0 Å². The lowest BCUT2D eigenvalue weighted by atomic mass is 9.88. The minimum atomic E-state index is -0.574. The number of benzene rings is 1. The number of carbonyl (C=O) groups excluding carboxylic acids is 2. The Kier molecular flexibility index (Phi) is 10.6. The summed E-state index contributed by atoms with van der Waals surface area (Å²) in [6.07, 6.45) is 8.53. The second-order valence-corrected chi connectivity index (χ2v) is 10.3. The Morgan fingerprint density at radius 1 is 1.22 bits per heavy atom. The van der Waals surface area contributed by atoms with Gasteiger partial charge in [-0.15, -0.1) is 11.3 Å². The molecule has 7 nitrogen and oxygen atoms in total. The van der Waals surface area contributed by atoms with E-state index in [4.69, 9.17) is 14.2 Å². The predicted molar refractivity (Wildman–Crippen MR) is 146 cm³/mol. The van der Waals surface area contributed by atoms with Crippen molar-refractivity contribution in [1.29, 1.82) is 5.26 Å². The van der Waals surface area contributed by atoms with Gasteiger partial charge in [-0.1, -0.05) is 39.2 Å². The Labute approximate surface area is 223 Å². The summed E-state index contributed by atoms with van der Waals surface area (Å²) in [5, 5.41) is 13.0. The summed E-state index contributed by atoms with van der Waals surface area (Å²) in [6, 6.07) is 7.29.